The van der Waals surface area contributed by atoms with Crippen LogP contribution in [0.4, 0.5) is 13.2 Å². The van der Waals surface area contributed by atoms with Crippen LogP contribution < -0.4 is 5.32 Å². The highest BCUT2D eigenvalue weighted by molar-refractivity contribution is 7.55. The number of carbonyl (C=O) groups excluding carboxylic acids is 2. The molecule has 1 aromatic rings. The van der Waals surface area contributed by atoms with Gasteiger partial charge in [0, 0.05) is 0 Å². The van der Waals surface area contributed by atoms with E-state index in [4.69, 9.17) is 13.8 Å². The first-order valence-corrected chi connectivity index (χ1v) is 12.6. The van der Waals surface area contributed by atoms with Crippen LogP contribution in [0.2, 0.25) is 0 Å². The van der Waals surface area contributed by atoms with E-state index in [2.05, 4.69) is 5.32 Å². The number of carbonyl (C=O) groups is 2. The van der Waals surface area contributed by atoms with E-state index < -0.39 is 53.9 Å². The van der Waals surface area contributed by atoms with Crippen molar-refractivity contribution >= 4 is 19.5 Å². The minimum Gasteiger partial charge on any atom is -0.459 e. The van der Waals surface area contributed by atoms with Crippen molar-refractivity contribution in [1.29, 1.82) is 0 Å². The summed E-state index contributed by atoms with van der Waals surface area (Å²) in [6.07, 6.45) is -4.49. The molecule has 0 fully saturated rings. The molecule has 0 spiro atoms. The number of rotatable bonds is 10. The first kappa shape index (κ1) is 30.1. The molecule has 0 bridgehead atoms. The molecular weight excluding hydrogens is 474 g/mol. The van der Waals surface area contributed by atoms with E-state index in [1.165, 1.54) is 19.1 Å². The van der Waals surface area contributed by atoms with Crippen molar-refractivity contribution in [3.05, 3.63) is 35.4 Å². The summed E-state index contributed by atoms with van der Waals surface area (Å²) in [7, 11) is -4.10. The fraction of sp³-hybridized carbons (Fsp3) is 0.652. The van der Waals surface area contributed by atoms with E-state index in [-0.39, 0.29) is 13.2 Å². The van der Waals surface area contributed by atoms with Gasteiger partial charge in [-0.05, 0) is 66.2 Å². The van der Waals surface area contributed by atoms with Gasteiger partial charge in [-0.25, -0.2) is 0 Å². The van der Waals surface area contributed by atoms with Gasteiger partial charge in [0.25, 0.3) is 0 Å². The Balaban J connectivity index is 3.28. The zero-order valence-electron chi connectivity index (χ0n) is 20.9. The van der Waals surface area contributed by atoms with Crippen molar-refractivity contribution in [3.8, 4) is 0 Å². The molecule has 0 aromatic heterocycles. The fourth-order valence-electron chi connectivity index (χ4n) is 3.24. The molecule has 2 unspecified atom stereocenters. The van der Waals surface area contributed by atoms with Crippen LogP contribution in [0.25, 0.3) is 0 Å². The summed E-state index contributed by atoms with van der Waals surface area (Å²) in [4.78, 5) is 26.2. The molecule has 0 aliphatic rings. The average molecular weight is 510 g/mol. The predicted octanol–water partition coefficient (Wildman–Crippen LogP) is 5.67. The Morgan fingerprint density at radius 3 is 1.76 bits per heavy atom. The van der Waals surface area contributed by atoms with Gasteiger partial charge in [-0.3, -0.25) is 14.2 Å². The smallest absolute Gasteiger partial charge is 0.416 e. The Morgan fingerprint density at radius 1 is 0.941 bits per heavy atom. The quantitative estimate of drug-likeness (QED) is 0.323. The predicted molar refractivity (Wildman–Crippen MR) is 122 cm³/mol. The van der Waals surface area contributed by atoms with Gasteiger partial charge in [0.05, 0.1) is 30.2 Å². The summed E-state index contributed by atoms with van der Waals surface area (Å²) < 4.78 is 68.3. The molecule has 0 saturated carbocycles. The highest BCUT2D eigenvalue weighted by Gasteiger charge is 2.49. The Kier molecular flexibility index (Phi) is 9.95. The van der Waals surface area contributed by atoms with Crippen molar-refractivity contribution in [3.63, 3.8) is 0 Å². The standard InChI is InChI=1S/C23H35F3NO6P/c1-9-31-34(30,32-10-2)18(20(29)33-21(4,5)6)15(3)19(28)27-22(7,8)16-11-13-17(14-12-16)23(24,25)26/h11-15,18H,9-10H2,1-8H3,(H,27,28). The second-order valence-electron chi connectivity index (χ2n) is 9.33. The second-order valence-corrected chi connectivity index (χ2v) is 11.5. The van der Waals surface area contributed by atoms with Crippen molar-refractivity contribution in [2.24, 2.45) is 5.92 Å². The molecule has 1 amide bonds. The number of halogens is 3. The SMILES string of the molecule is CCOP(=O)(OCC)C(C(=O)OC(C)(C)C)C(C)C(=O)NC(C)(C)c1ccc(C(F)(F)F)cc1. The average Bonchev–Trinajstić information content (AvgIpc) is 2.66. The van der Waals surface area contributed by atoms with Crippen LogP contribution in [0.15, 0.2) is 24.3 Å². The summed E-state index contributed by atoms with van der Waals surface area (Å²) in [6.45, 7) is 12.6. The zero-order valence-corrected chi connectivity index (χ0v) is 21.8. The summed E-state index contributed by atoms with van der Waals surface area (Å²) in [5, 5.41) is 2.72. The number of esters is 1. The number of benzene rings is 1. The second kappa shape index (κ2) is 11.2. The first-order chi connectivity index (χ1) is 15.4. The molecule has 1 N–H and O–H groups in total. The van der Waals surface area contributed by atoms with Crippen LogP contribution in [-0.4, -0.2) is 36.4 Å². The molecule has 0 aliphatic heterocycles. The van der Waals surface area contributed by atoms with Crippen LogP contribution in [-0.2, 0) is 39.7 Å². The van der Waals surface area contributed by atoms with Crippen LogP contribution in [0.3, 0.4) is 0 Å². The molecule has 0 saturated heterocycles. The van der Waals surface area contributed by atoms with Gasteiger partial charge in [0.15, 0.2) is 5.66 Å². The van der Waals surface area contributed by atoms with E-state index in [1.807, 2.05) is 0 Å². The van der Waals surface area contributed by atoms with E-state index in [9.17, 15) is 27.3 Å². The Hall–Kier alpha value is -1.90. The third-order valence-electron chi connectivity index (χ3n) is 4.86. The topological polar surface area (TPSA) is 90.9 Å². The monoisotopic (exact) mass is 509 g/mol. The van der Waals surface area contributed by atoms with Gasteiger partial charge in [0.1, 0.15) is 5.60 Å². The summed E-state index contributed by atoms with van der Waals surface area (Å²) in [5.74, 6) is -2.78. The summed E-state index contributed by atoms with van der Waals surface area (Å²) in [5.41, 5.74) is -3.97. The van der Waals surface area contributed by atoms with Gasteiger partial charge in [0.2, 0.25) is 5.91 Å². The molecule has 2 atom stereocenters. The maximum atomic E-state index is 13.5. The lowest BCUT2D eigenvalue weighted by Gasteiger charge is -2.33. The number of nitrogens with one attached hydrogen (secondary N) is 1. The highest BCUT2D eigenvalue weighted by atomic mass is 31.2. The Bertz CT molecular complexity index is 883. The number of hydrogen-bond donors (Lipinski definition) is 1. The van der Waals surface area contributed by atoms with Crippen LogP contribution >= 0.6 is 7.60 Å². The molecule has 1 rings (SSSR count). The highest BCUT2D eigenvalue weighted by Crippen LogP contribution is 2.56. The van der Waals surface area contributed by atoms with Crippen molar-refractivity contribution in [2.75, 3.05) is 13.2 Å². The van der Waals surface area contributed by atoms with Crippen LogP contribution in [0, 0.1) is 5.92 Å². The minimum absolute atomic E-state index is 0.0258. The molecule has 11 heteroatoms. The summed E-state index contributed by atoms with van der Waals surface area (Å²) in [6, 6.07) is 4.39. The van der Waals surface area contributed by atoms with Crippen molar-refractivity contribution < 1.29 is 41.1 Å². The van der Waals surface area contributed by atoms with Crippen LogP contribution in [0.1, 0.15) is 66.5 Å². The Morgan fingerprint density at radius 2 is 1.38 bits per heavy atom. The lowest BCUT2D eigenvalue weighted by Crippen LogP contribution is -2.48. The third kappa shape index (κ3) is 8.10. The minimum atomic E-state index is -4.49. The van der Waals surface area contributed by atoms with E-state index >= 15 is 0 Å². The van der Waals surface area contributed by atoms with E-state index in [0.29, 0.717) is 5.56 Å². The Labute approximate surface area is 199 Å². The maximum Gasteiger partial charge on any atom is 0.416 e. The molecular formula is C23H35F3NO6P. The van der Waals surface area contributed by atoms with Gasteiger partial charge in [-0.1, -0.05) is 19.1 Å². The normalized spacial score (nSPS) is 14.9. The largest absolute Gasteiger partial charge is 0.459 e. The van der Waals surface area contributed by atoms with Crippen LogP contribution in [0.5, 0.6) is 0 Å². The van der Waals surface area contributed by atoms with Crippen molar-refractivity contribution in [2.45, 2.75) is 78.4 Å². The molecule has 0 aliphatic carbocycles. The summed E-state index contributed by atoms with van der Waals surface area (Å²) >= 11 is 0. The van der Waals surface area contributed by atoms with Gasteiger partial charge >= 0.3 is 19.7 Å². The number of hydrogen-bond acceptors (Lipinski definition) is 6. The molecule has 0 radical (unpaired) electrons. The molecule has 0 heterocycles. The maximum absolute atomic E-state index is 13.5. The third-order valence-corrected chi connectivity index (χ3v) is 7.44. The fourth-order valence-corrected chi connectivity index (χ4v) is 5.35. The molecule has 194 valence electrons. The first-order valence-electron chi connectivity index (χ1n) is 11.0. The van der Waals surface area contributed by atoms with Crippen molar-refractivity contribution in [1.82, 2.24) is 5.32 Å². The molecule has 34 heavy (non-hydrogen) atoms. The van der Waals surface area contributed by atoms with Gasteiger partial charge in [-0.15, -0.1) is 0 Å². The lowest BCUT2D eigenvalue weighted by atomic mass is 9.92. The van der Waals surface area contributed by atoms with Gasteiger partial charge < -0.3 is 19.1 Å². The molecule has 1 aromatic carbocycles. The lowest BCUT2D eigenvalue weighted by molar-refractivity contribution is -0.157. The number of amides is 1. The number of ether oxygens (including phenoxy) is 1. The van der Waals surface area contributed by atoms with E-state index in [1.54, 1.807) is 48.5 Å². The number of alkyl halides is 3. The van der Waals surface area contributed by atoms with E-state index in [0.717, 1.165) is 12.1 Å². The van der Waals surface area contributed by atoms with Gasteiger partial charge in [-0.2, -0.15) is 13.2 Å². The molecule has 7 nitrogen and oxygen atoms in total. The zero-order chi connectivity index (χ0) is 26.5.